The molecular formula is C24H27N9O6. The van der Waals surface area contributed by atoms with E-state index in [1.165, 1.54) is 21.8 Å². The number of nitrogens with one attached hydrogen (secondary N) is 2. The Morgan fingerprint density at radius 1 is 1.15 bits per heavy atom. The van der Waals surface area contributed by atoms with Crippen molar-refractivity contribution in [1.29, 1.82) is 0 Å². The molecule has 5 heterocycles. The minimum absolute atomic E-state index is 0.00918. The fourth-order valence-corrected chi connectivity index (χ4v) is 4.58. The van der Waals surface area contributed by atoms with E-state index >= 15 is 0 Å². The Bertz CT molecular complexity index is 1460. The van der Waals surface area contributed by atoms with Gasteiger partial charge in [-0.3, -0.25) is 9.36 Å². The highest BCUT2D eigenvalue weighted by atomic mass is 16.6. The Balaban J connectivity index is 1.33. The molecule has 1 aromatic carbocycles. The van der Waals surface area contributed by atoms with Crippen LogP contribution in [0.1, 0.15) is 28.7 Å². The van der Waals surface area contributed by atoms with Crippen LogP contribution in [0.5, 0.6) is 0 Å². The molecule has 1 amide bonds. The van der Waals surface area contributed by atoms with E-state index in [0.717, 1.165) is 12.0 Å². The van der Waals surface area contributed by atoms with Crippen LogP contribution in [0.15, 0.2) is 42.9 Å². The number of carbonyl (C=O) groups is 1. The van der Waals surface area contributed by atoms with Crippen LogP contribution in [0.3, 0.4) is 0 Å². The molecule has 2 saturated heterocycles. The predicted molar refractivity (Wildman–Crippen MR) is 134 cm³/mol. The molecule has 2 aliphatic heterocycles. The average molecular weight is 538 g/mol. The Hall–Kier alpha value is -4.02. The molecule has 0 unspecified atom stereocenters. The zero-order valence-electron chi connectivity index (χ0n) is 20.7. The van der Waals surface area contributed by atoms with Crippen LogP contribution in [0.4, 0.5) is 5.82 Å². The zero-order valence-corrected chi connectivity index (χ0v) is 20.7. The third kappa shape index (κ3) is 4.93. The first-order valence-corrected chi connectivity index (χ1v) is 12.5. The number of ether oxygens (including phenoxy) is 2. The maximum absolute atomic E-state index is 12.7. The summed E-state index contributed by atoms with van der Waals surface area (Å²) in [5, 5.41) is 44.5. The first kappa shape index (κ1) is 25.3. The Morgan fingerprint density at radius 3 is 2.74 bits per heavy atom. The van der Waals surface area contributed by atoms with Gasteiger partial charge in [-0.05, 0) is 12.0 Å². The lowest BCUT2D eigenvalue weighted by molar-refractivity contribution is -0.0511. The average Bonchev–Trinajstić information content (AvgIpc) is 3.76. The number of carbonyl (C=O) groups excluding carboxylic acids is 1. The number of aliphatic hydroxyl groups is 3. The molecule has 39 heavy (non-hydrogen) atoms. The summed E-state index contributed by atoms with van der Waals surface area (Å²) >= 11 is 0. The van der Waals surface area contributed by atoms with Gasteiger partial charge in [-0.1, -0.05) is 35.5 Å². The van der Waals surface area contributed by atoms with E-state index in [-0.39, 0.29) is 23.3 Å². The van der Waals surface area contributed by atoms with Gasteiger partial charge >= 0.3 is 0 Å². The van der Waals surface area contributed by atoms with E-state index < -0.39 is 37.1 Å². The van der Waals surface area contributed by atoms with Crippen molar-refractivity contribution in [3.63, 3.8) is 0 Å². The first-order valence-electron chi connectivity index (χ1n) is 12.5. The highest BCUT2D eigenvalue weighted by Gasteiger charge is 2.44. The van der Waals surface area contributed by atoms with Crippen LogP contribution < -0.4 is 10.6 Å². The van der Waals surface area contributed by atoms with Crippen molar-refractivity contribution in [2.24, 2.45) is 0 Å². The smallest absolute Gasteiger partial charge is 0.273 e. The molecule has 15 nitrogen and oxygen atoms in total. The largest absolute Gasteiger partial charge is 0.394 e. The highest BCUT2D eigenvalue weighted by molar-refractivity contribution is 5.92. The quantitative estimate of drug-likeness (QED) is 0.187. The Labute approximate surface area is 221 Å². The molecule has 0 radical (unpaired) electrons. The highest BCUT2D eigenvalue weighted by Crippen LogP contribution is 2.33. The summed E-state index contributed by atoms with van der Waals surface area (Å²) in [4.78, 5) is 26.3. The normalized spacial score (nSPS) is 24.8. The van der Waals surface area contributed by atoms with E-state index in [2.05, 4.69) is 35.9 Å². The van der Waals surface area contributed by atoms with Crippen molar-refractivity contribution in [2.75, 3.05) is 25.1 Å². The summed E-state index contributed by atoms with van der Waals surface area (Å²) in [5.41, 5.74) is 1.69. The molecule has 5 atom stereocenters. The van der Waals surface area contributed by atoms with Crippen LogP contribution in [-0.2, 0) is 16.0 Å². The molecule has 6 rings (SSSR count). The second kappa shape index (κ2) is 10.6. The molecule has 0 saturated carbocycles. The van der Waals surface area contributed by atoms with Crippen molar-refractivity contribution >= 4 is 22.9 Å². The van der Waals surface area contributed by atoms with Crippen molar-refractivity contribution in [2.45, 2.75) is 43.5 Å². The molecular weight excluding hydrogens is 510 g/mol. The lowest BCUT2D eigenvalue weighted by Crippen LogP contribution is -2.33. The van der Waals surface area contributed by atoms with Gasteiger partial charge in [0, 0.05) is 13.2 Å². The Kier molecular flexibility index (Phi) is 6.88. The summed E-state index contributed by atoms with van der Waals surface area (Å²) in [7, 11) is 0. The molecule has 15 heteroatoms. The van der Waals surface area contributed by atoms with E-state index in [9.17, 15) is 20.1 Å². The molecule has 3 aromatic heterocycles. The lowest BCUT2D eigenvalue weighted by Gasteiger charge is -2.17. The lowest BCUT2D eigenvalue weighted by atomic mass is 10.1. The number of imidazole rings is 1. The predicted octanol–water partition coefficient (Wildman–Crippen LogP) is -0.851. The van der Waals surface area contributed by atoms with Gasteiger partial charge in [-0.25, -0.2) is 4.98 Å². The fraction of sp³-hybridized carbons (Fsp3) is 0.417. The minimum Gasteiger partial charge on any atom is -0.394 e. The number of hydrogen-bond acceptors (Lipinski definition) is 12. The summed E-state index contributed by atoms with van der Waals surface area (Å²) < 4.78 is 13.9. The molecule has 0 bridgehead atoms. The van der Waals surface area contributed by atoms with Gasteiger partial charge in [0.15, 0.2) is 28.9 Å². The first-order chi connectivity index (χ1) is 19.0. The number of aromatic nitrogens is 7. The van der Waals surface area contributed by atoms with E-state index in [4.69, 9.17) is 9.47 Å². The fourth-order valence-electron chi connectivity index (χ4n) is 4.58. The molecule has 2 fully saturated rings. The molecule has 204 valence electrons. The molecule has 2 aliphatic rings. The van der Waals surface area contributed by atoms with E-state index in [1.54, 1.807) is 0 Å². The van der Waals surface area contributed by atoms with Crippen molar-refractivity contribution < 1.29 is 29.6 Å². The third-order valence-corrected chi connectivity index (χ3v) is 6.70. The summed E-state index contributed by atoms with van der Waals surface area (Å²) in [6, 6.07) is 9.47. The number of rotatable bonds is 8. The zero-order chi connectivity index (χ0) is 26.9. The Morgan fingerprint density at radius 2 is 2.00 bits per heavy atom. The van der Waals surface area contributed by atoms with Gasteiger partial charge in [-0.15, -0.1) is 5.10 Å². The van der Waals surface area contributed by atoms with Gasteiger partial charge in [0.05, 0.1) is 31.8 Å². The van der Waals surface area contributed by atoms with Gasteiger partial charge in [0.1, 0.15) is 18.3 Å². The van der Waals surface area contributed by atoms with Gasteiger partial charge in [0.2, 0.25) is 0 Å². The van der Waals surface area contributed by atoms with E-state index in [1.807, 2.05) is 30.3 Å². The number of hydrogen-bond donors (Lipinski definition) is 5. The summed E-state index contributed by atoms with van der Waals surface area (Å²) in [6.45, 7) is 0.964. The van der Waals surface area contributed by atoms with Crippen LogP contribution in [-0.4, -0.2) is 99.9 Å². The summed E-state index contributed by atoms with van der Waals surface area (Å²) in [6.07, 6.45) is -1.04. The van der Waals surface area contributed by atoms with Crippen LogP contribution in [0, 0.1) is 0 Å². The van der Waals surface area contributed by atoms with Crippen molar-refractivity contribution in [1.82, 2.24) is 39.8 Å². The standard InChI is InChI=1S/C24H27N9O6/c34-10-16-18(35)19(36)23(39-16)32-12-26-17-20(27-14-6-7-38-11-14)28-24(29-21(17)32)33-9-15(30-31-33)22(37)25-8-13-4-2-1-3-5-13/h1-5,9,12,14,16,18-19,23,34-36H,6-8,10-11H2,(H,25,37)(H,27,28,29)/t14-,16-,18-,19-,23-/m1/s1. The number of anilines is 1. The molecule has 0 spiro atoms. The van der Waals surface area contributed by atoms with E-state index in [0.29, 0.717) is 31.1 Å². The molecule has 5 N–H and O–H groups in total. The van der Waals surface area contributed by atoms with Gasteiger partial charge in [-0.2, -0.15) is 14.6 Å². The monoisotopic (exact) mass is 537 g/mol. The SMILES string of the molecule is O=C(NCc1ccccc1)c1cn(-c2nc(N[C@@H]3CCOC3)c3ncn([C@@H]4O[C@H](CO)[C@@H](O)[C@H]4O)c3n2)nn1. The van der Waals surface area contributed by atoms with Crippen molar-refractivity contribution in [3.05, 3.63) is 54.1 Å². The van der Waals surface area contributed by atoms with Crippen LogP contribution in [0.2, 0.25) is 0 Å². The van der Waals surface area contributed by atoms with Crippen molar-refractivity contribution in [3.8, 4) is 5.95 Å². The molecule has 0 aliphatic carbocycles. The van der Waals surface area contributed by atoms with Crippen LogP contribution >= 0.6 is 0 Å². The second-order valence-electron chi connectivity index (χ2n) is 9.35. The third-order valence-electron chi connectivity index (χ3n) is 6.70. The molecule has 4 aromatic rings. The summed E-state index contributed by atoms with van der Waals surface area (Å²) in [5.74, 6) is 0.0674. The number of fused-ring (bicyclic) bond motifs is 1. The van der Waals surface area contributed by atoms with Gasteiger partial charge in [0.25, 0.3) is 11.9 Å². The van der Waals surface area contributed by atoms with Gasteiger partial charge < -0.3 is 35.4 Å². The maximum atomic E-state index is 12.7. The minimum atomic E-state index is -1.33. The number of aliphatic hydroxyl groups excluding tert-OH is 3. The number of nitrogens with zero attached hydrogens (tertiary/aromatic N) is 7. The number of amides is 1. The maximum Gasteiger partial charge on any atom is 0.273 e. The number of benzene rings is 1. The second-order valence-corrected chi connectivity index (χ2v) is 9.35. The van der Waals surface area contributed by atoms with Crippen LogP contribution in [0.25, 0.3) is 17.1 Å². The topological polar surface area (TPSA) is 195 Å².